The largest absolute Gasteiger partial charge is 0.435 e. The Morgan fingerprint density at radius 3 is 2.04 bits per heavy atom. The Hall–Kier alpha value is -2.31. The van der Waals surface area contributed by atoms with E-state index in [-0.39, 0.29) is 5.75 Å². The first kappa shape index (κ1) is 17.1. The second-order valence-corrected chi connectivity index (χ2v) is 4.77. The van der Waals surface area contributed by atoms with Gasteiger partial charge in [-0.1, -0.05) is 12.1 Å². The quantitative estimate of drug-likeness (QED) is 0.755. The summed E-state index contributed by atoms with van der Waals surface area (Å²) >= 11 is 0. The summed E-state index contributed by atoms with van der Waals surface area (Å²) in [7, 11) is 0. The number of rotatable bonds is 6. The van der Waals surface area contributed by atoms with Crippen molar-refractivity contribution in [3.8, 4) is 5.75 Å². The minimum Gasteiger partial charge on any atom is -0.435 e. The van der Waals surface area contributed by atoms with Gasteiger partial charge in [-0.3, -0.25) is 0 Å². The molecule has 7 heteroatoms. The fraction of sp³-hybridized carbons (Fsp3) is 0.250. The summed E-state index contributed by atoms with van der Waals surface area (Å²) in [4.78, 5) is 0. The predicted molar refractivity (Wildman–Crippen MR) is 76.7 cm³/mol. The molecule has 0 spiro atoms. The number of alkyl halides is 5. The van der Waals surface area contributed by atoms with E-state index in [0.717, 1.165) is 17.7 Å². The van der Waals surface area contributed by atoms with Crippen LogP contribution in [0.3, 0.4) is 0 Å². The molecule has 0 aromatic heterocycles. The molecule has 2 nitrogen and oxygen atoms in total. The van der Waals surface area contributed by atoms with Crippen molar-refractivity contribution in [2.45, 2.75) is 19.2 Å². The first-order valence-electron chi connectivity index (χ1n) is 6.79. The number of anilines is 1. The Bertz CT molecular complexity index is 608. The highest BCUT2D eigenvalue weighted by Gasteiger charge is 2.29. The monoisotopic (exact) mass is 331 g/mol. The molecule has 0 fully saturated rings. The van der Waals surface area contributed by atoms with Crippen molar-refractivity contribution >= 4 is 5.69 Å². The maximum Gasteiger partial charge on any atom is 0.416 e. The standard InChI is InChI=1S/C16H14F5NO/c17-15(18)23-14-7-5-13(6-8-14)22-10-9-11-1-3-12(4-2-11)16(19,20)21/h1-8,15,22H,9-10H2. The summed E-state index contributed by atoms with van der Waals surface area (Å²) < 4.78 is 65.5. The van der Waals surface area contributed by atoms with E-state index in [1.807, 2.05) is 0 Å². The summed E-state index contributed by atoms with van der Waals surface area (Å²) in [6, 6.07) is 11.0. The molecule has 1 N–H and O–H groups in total. The third kappa shape index (κ3) is 5.43. The van der Waals surface area contributed by atoms with Gasteiger partial charge in [0.15, 0.2) is 0 Å². The molecule has 0 unspecified atom stereocenters. The van der Waals surface area contributed by atoms with Crippen molar-refractivity contribution in [2.24, 2.45) is 0 Å². The Labute approximate surface area is 129 Å². The van der Waals surface area contributed by atoms with Gasteiger partial charge in [0.25, 0.3) is 0 Å². The van der Waals surface area contributed by atoms with Crippen molar-refractivity contribution in [1.82, 2.24) is 0 Å². The van der Waals surface area contributed by atoms with E-state index < -0.39 is 18.4 Å². The maximum atomic E-state index is 12.4. The Morgan fingerprint density at radius 1 is 0.913 bits per heavy atom. The number of hydrogen-bond acceptors (Lipinski definition) is 2. The molecule has 0 atom stereocenters. The lowest BCUT2D eigenvalue weighted by molar-refractivity contribution is -0.137. The molecule has 0 aliphatic heterocycles. The van der Waals surface area contributed by atoms with Gasteiger partial charge in [0.2, 0.25) is 0 Å². The summed E-state index contributed by atoms with van der Waals surface area (Å²) in [5, 5.41) is 3.05. The number of ether oxygens (including phenoxy) is 1. The fourth-order valence-electron chi connectivity index (χ4n) is 1.97. The van der Waals surface area contributed by atoms with E-state index in [4.69, 9.17) is 0 Å². The minimum absolute atomic E-state index is 0.0632. The molecule has 0 saturated carbocycles. The highest BCUT2D eigenvalue weighted by Crippen LogP contribution is 2.29. The molecule has 0 amide bonds. The maximum absolute atomic E-state index is 12.4. The van der Waals surface area contributed by atoms with E-state index >= 15 is 0 Å². The predicted octanol–water partition coefficient (Wildman–Crippen LogP) is 4.96. The fourth-order valence-corrected chi connectivity index (χ4v) is 1.97. The highest BCUT2D eigenvalue weighted by molar-refractivity contribution is 5.46. The number of nitrogens with one attached hydrogen (secondary N) is 1. The molecule has 0 saturated heterocycles. The summed E-state index contributed by atoms with van der Waals surface area (Å²) in [6.45, 7) is -2.37. The van der Waals surface area contributed by atoms with Gasteiger partial charge in [0.05, 0.1) is 5.56 Å². The highest BCUT2D eigenvalue weighted by atomic mass is 19.4. The van der Waals surface area contributed by atoms with Crippen LogP contribution in [0.2, 0.25) is 0 Å². The molecule has 2 aromatic rings. The van der Waals surface area contributed by atoms with E-state index in [9.17, 15) is 22.0 Å². The van der Waals surface area contributed by atoms with Crippen LogP contribution in [-0.4, -0.2) is 13.2 Å². The van der Waals surface area contributed by atoms with Crippen molar-refractivity contribution in [1.29, 1.82) is 0 Å². The lowest BCUT2D eigenvalue weighted by Crippen LogP contribution is -2.07. The van der Waals surface area contributed by atoms with Gasteiger partial charge in [-0.15, -0.1) is 0 Å². The van der Waals surface area contributed by atoms with Crippen LogP contribution < -0.4 is 10.1 Å². The Balaban J connectivity index is 1.83. The average molecular weight is 331 g/mol. The molecule has 2 aromatic carbocycles. The normalized spacial score (nSPS) is 11.6. The molecule has 0 heterocycles. The zero-order valence-electron chi connectivity index (χ0n) is 11.9. The smallest absolute Gasteiger partial charge is 0.416 e. The van der Waals surface area contributed by atoms with Crippen LogP contribution in [0.15, 0.2) is 48.5 Å². The van der Waals surface area contributed by atoms with E-state index in [1.165, 1.54) is 24.3 Å². The van der Waals surface area contributed by atoms with Gasteiger partial charge in [0.1, 0.15) is 5.75 Å². The van der Waals surface area contributed by atoms with Crippen LogP contribution in [0.5, 0.6) is 5.75 Å². The topological polar surface area (TPSA) is 21.3 Å². The lowest BCUT2D eigenvalue weighted by Gasteiger charge is -2.10. The zero-order valence-corrected chi connectivity index (χ0v) is 11.9. The van der Waals surface area contributed by atoms with Crippen molar-refractivity contribution in [3.63, 3.8) is 0 Å². The number of benzene rings is 2. The summed E-state index contributed by atoms with van der Waals surface area (Å²) in [5.41, 5.74) is 0.797. The first-order valence-corrected chi connectivity index (χ1v) is 6.79. The molecule has 2 rings (SSSR count). The second-order valence-electron chi connectivity index (χ2n) is 4.77. The average Bonchev–Trinajstić information content (AvgIpc) is 2.48. The van der Waals surface area contributed by atoms with Gasteiger partial charge < -0.3 is 10.1 Å². The van der Waals surface area contributed by atoms with Crippen molar-refractivity contribution in [3.05, 3.63) is 59.7 Å². The van der Waals surface area contributed by atoms with Crippen LogP contribution in [0.4, 0.5) is 27.6 Å². The second kappa shape index (κ2) is 7.30. The molecule has 0 radical (unpaired) electrons. The van der Waals surface area contributed by atoms with Crippen LogP contribution in [0.1, 0.15) is 11.1 Å². The SMILES string of the molecule is FC(F)Oc1ccc(NCCc2ccc(C(F)(F)F)cc2)cc1. The van der Waals surface area contributed by atoms with Crippen LogP contribution in [-0.2, 0) is 12.6 Å². The van der Waals surface area contributed by atoms with Crippen molar-refractivity contribution in [2.75, 3.05) is 11.9 Å². The number of hydrogen-bond donors (Lipinski definition) is 1. The van der Waals surface area contributed by atoms with Gasteiger partial charge in [-0.05, 0) is 48.4 Å². The summed E-state index contributed by atoms with van der Waals surface area (Å²) in [5.74, 6) is 0.0632. The Kier molecular flexibility index (Phi) is 5.41. The molecule has 124 valence electrons. The van der Waals surface area contributed by atoms with Gasteiger partial charge in [-0.2, -0.15) is 22.0 Å². The lowest BCUT2D eigenvalue weighted by atomic mass is 10.1. The first-order chi connectivity index (χ1) is 10.8. The minimum atomic E-state index is -4.33. The van der Waals surface area contributed by atoms with Crippen LogP contribution in [0, 0.1) is 0 Å². The van der Waals surface area contributed by atoms with Crippen molar-refractivity contribution < 1.29 is 26.7 Å². The zero-order chi connectivity index (χ0) is 16.9. The van der Waals surface area contributed by atoms with Gasteiger partial charge >= 0.3 is 12.8 Å². The van der Waals surface area contributed by atoms with Crippen LogP contribution in [0.25, 0.3) is 0 Å². The van der Waals surface area contributed by atoms with E-state index in [0.29, 0.717) is 18.7 Å². The molecule has 0 aliphatic carbocycles. The summed E-state index contributed by atoms with van der Waals surface area (Å²) in [6.07, 6.45) is -3.80. The molecular weight excluding hydrogens is 317 g/mol. The third-order valence-corrected chi connectivity index (χ3v) is 3.10. The van der Waals surface area contributed by atoms with Crippen LogP contribution >= 0.6 is 0 Å². The number of halogens is 5. The molecule has 23 heavy (non-hydrogen) atoms. The van der Waals surface area contributed by atoms with E-state index in [2.05, 4.69) is 10.1 Å². The van der Waals surface area contributed by atoms with Gasteiger partial charge in [0, 0.05) is 12.2 Å². The van der Waals surface area contributed by atoms with Gasteiger partial charge in [-0.25, -0.2) is 0 Å². The Morgan fingerprint density at radius 2 is 1.52 bits per heavy atom. The molecular formula is C16H14F5NO. The van der Waals surface area contributed by atoms with E-state index in [1.54, 1.807) is 12.1 Å². The molecule has 0 aliphatic rings. The molecule has 0 bridgehead atoms. The third-order valence-electron chi connectivity index (χ3n) is 3.10.